The van der Waals surface area contributed by atoms with Gasteiger partial charge in [0.15, 0.2) is 0 Å². The molecule has 1 aromatic rings. The van der Waals surface area contributed by atoms with E-state index in [0.717, 1.165) is 0 Å². The van der Waals surface area contributed by atoms with E-state index in [1.165, 1.54) is 12.1 Å². The van der Waals surface area contributed by atoms with Gasteiger partial charge in [-0.25, -0.2) is 0 Å². The summed E-state index contributed by atoms with van der Waals surface area (Å²) in [5.41, 5.74) is 0.315. The van der Waals surface area contributed by atoms with Gasteiger partial charge in [0.1, 0.15) is 10.4 Å². The molecule has 0 fully saturated rings. The molecule has 0 aliphatic rings. The highest BCUT2D eigenvalue weighted by Crippen LogP contribution is 2.26. The maximum atomic E-state index is 10.7. The van der Waals surface area contributed by atoms with Crippen LogP contribution in [-0.4, -0.2) is 15.5 Å². The quantitative estimate of drug-likeness (QED) is 0.369. The van der Waals surface area contributed by atoms with Crippen LogP contribution in [-0.2, 0) is 11.2 Å². The van der Waals surface area contributed by atoms with Gasteiger partial charge >= 0.3 is 0 Å². The zero-order valence-electron chi connectivity index (χ0n) is 7.82. The van der Waals surface area contributed by atoms with Crippen molar-refractivity contribution < 1.29 is 9.72 Å². The van der Waals surface area contributed by atoms with E-state index in [1.807, 2.05) is 0 Å². The number of carbonyl (C=O) groups excluding carboxylic acids is 1. The molecule has 0 aliphatic carbocycles. The van der Waals surface area contributed by atoms with Crippen LogP contribution in [0, 0.1) is 10.1 Å². The zero-order valence-corrected chi connectivity index (χ0v) is 10.1. The molecule has 0 aliphatic heterocycles. The predicted octanol–water partition coefficient (Wildman–Crippen LogP) is 3.16. The second-order valence-corrected chi connectivity index (χ2v) is 4.33. The molecule has 0 saturated heterocycles. The summed E-state index contributed by atoms with van der Waals surface area (Å²) in [4.78, 5) is 20.7. The number of halogens is 3. The normalized spacial score (nSPS) is 12.2. The molecule has 0 N–H and O–H groups in total. The summed E-state index contributed by atoms with van der Waals surface area (Å²) in [7, 11) is 0. The number of nitro benzene ring substituents is 1. The summed E-state index contributed by atoms with van der Waals surface area (Å²) in [6.07, 6.45) is 0.127. The van der Waals surface area contributed by atoms with Gasteiger partial charge in [-0.05, 0) is 29.7 Å². The van der Waals surface area contributed by atoms with Crippen LogP contribution in [0.25, 0.3) is 0 Å². The third-order valence-corrected chi connectivity index (χ3v) is 2.92. The van der Waals surface area contributed by atoms with Crippen molar-refractivity contribution in [1.29, 1.82) is 0 Å². The lowest BCUT2D eigenvalue weighted by molar-refractivity contribution is -0.384. The van der Waals surface area contributed by atoms with Crippen LogP contribution >= 0.6 is 34.8 Å². The van der Waals surface area contributed by atoms with Gasteiger partial charge in [0.05, 0.1) is 4.92 Å². The summed E-state index contributed by atoms with van der Waals surface area (Å²) in [5, 5.41) is 9.03. The van der Waals surface area contributed by atoms with E-state index < -0.39 is 15.5 Å². The second-order valence-electron chi connectivity index (χ2n) is 3.02. The Bertz CT molecular complexity index is 436. The van der Waals surface area contributed by atoms with Gasteiger partial charge in [-0.15, -0.1) is 11.6 Å². The topological polar surface area (TPSA) is 60.2 Å². The summed E-state index contributed by atoms with van der Waals surface area (Å²) in [5.74, 6) is 0. The average Bonchev–Trinajstić information content (AvgIpc) is 2.20. The Morgan fingerprint density at radius 3 is 2.62 bits per heavy atom. The standard InChI is InChI=1S/C9H6Cl3NO3/c10-6-2-1-5(3-7(11)9(12)14)4-8(6)13(15)16/h1-2,4,7H,3H2. The smallest absolute Gasteiger partial charge is 0.280 e. The summed E-state index contributed by atoms with van der Waals surface area (Å²) in [6, 6.07) is 4.22. The van der Waals surface area contributed by atoms with Gasteiger partial charge in [-0.3, -0.25) is 14.9 Å². The number of carbonyl (C=O) groups is 1. The Hall–Kier alpha value is -0.840. The lowest BCUT2D eigenvalue weighted by Crippen LogP contribution is -2.11. The first-order chi connectivity index (χ1) is 7.41. The zero-order chi connectivity index (χ0) is 12.3. The lowest BCUT2D eigenvalue weighted by atomic mass is 10.1. The molecule has 7 heteroatoms. The van der Waals surface area contributed by atoms with Crippen molar-refractivity contribution in [2.24, 2.45) is 0 Å². The first-order valence-corrected chi connectivity index (χ1v) is 5.37. The molecular weight excluding hydrogens is 276 g/mol. The molecule has 1 atom stereocenters. The van der Waals surface area contributed by atoms with Crippen molar-refractivity contribution in [2.45, 2.75) is 11.8 Å². The highest BCUT2D eigenvalue weighted by Gasteiger charge is 2.17. The predicted molar refractivity (Wildman–Crippen MR) is 62.3 cm³/mol. The molecule has 0 radical (unpaired) electrons. The molecule has 86 valence electrons. The van der Waals surface area contributed by atoms with Crippen molar-refractivity contribution in [1.82, 2.24) is 0 Å². The molecule has 0 spiro atoms. The van der Waals surface area contributed by atoms with Crippen LogP contribution < -0.4 is 0 Å². The third-order valence-electron chi connectivity index (χ3n) is 1.87. The van der Waals surface area contributed by atoms with Crippen molar-refractivity contribution in [3.8, 4) is 0 Å². The molecule has 0 heterocycles. The molecule has 1 unspecified atom stereocenters. The SMILES string of the molecule is O=C(Cl)C(Cl)Cc1ccc(Cl)c([N+](=O)[O-])c1. The molecule has 1 rings (SSSR count). The van der Waals surface area contributed by atoms with E-state index in [0.29, 0.717) is 5.56 Å². The second kappa shape index (κ2) is 5.48. The maximum absolute atomic E-state index is 10.7. The fraction of sp³-hybridized carbons (Fsp3) is 0.222. The van der Waals surface area contributed by atoms with Gasteiger partial charge in [-0.1, -0.05) is 17.7 Å². The molecule has 4 nitrogen and oxygen atoms in total. The minimum Gasteiger partial charge on any atom is -0.280 e. The van der Waals surface area contributed by atoms with Gasteiger partial charge in [0.2, 0.25) is 5.24 Å². The van der Waals surface area contributed by atoms with Crippen molar-refractivity contribution in [3.63, 3.8) is 0 Å². The number of rotatable bonds is 4. The molecule has 16 heavy (non-hydrogen) atoms. The van der Waals surface area contributed by atoms with Crippen LogP contribution in [0.3, 0.4) is 0 Å². The van der Waals surface area contributed by atoms with E-state index in [4.69, 9.17) is 34.8 Å². The van der Waals surface area contributed by atoms with E-state index in [2.05, 4.69) is 0 Å². The van der Waals surface area contributed by atoms with Crippen LogP contribution in [0.15, 0.2) is 18.2 Å². The van der Waals surface area contributed by atoms with Crippen molar-refractivity contribution in [2.75, 3.05) is 0 Å². The van der Waals surface area contributed by atoms with Crippen molar-refractivity contribution in [3.05, 3.63) is 38.9 Å². The fourth-order valence-corrected chi connectivity index (χ4v) is 1.55. The fourth-order valence-electron chi connectivity index (χ4n) is 1.11. The summed E-state index contributed by atoms with van der Waals surface area (Å²) < 4.78 is 0. The monoisotopic (exact) mass is 281 g/mol. The van der Waals surface area contributed by atoms with Gasteiger partial charge in [0.25, 0.3) is 5.69 Å². The molecule has 0 amide bonds. The summed E-state index contributed by atoms with van der Waals surface area (Å²) in [6.45, 7) is 0. The number of alkyl halides is 1. The Labute approximate surface area is 106 Å². The molecule has 0 aromatic heterocycles. The Morgan fingerprint density at radius 1 is 1.50 bits per heavy atom. The first kappa shape index (κ1) is 13.2. The Balaban J connectivity index is 2.95. The highest BCUT2D eigenvalue weighted by atomic mass is 35.5. The molecule has 0 saturated carbocycles. The lowest BCUT2D eigenvalue weighted by Gasteiger charge is -2.04. The number of hydrogen-bond donors (Lipinski definition) is 0. The van der Waals surface area contributed by atoms with E-state index >= 15 is 0 Å². The van der Waals surface area contributed by atoms with Crippen LogP contribution in [0.1, 0.15) is 5.56 Å². The summed E-state index contributed by atoms with van der Waals surface area (Å²) >= 11 is 16.4. The minimum atomic E-state index is -0.901. The Morgan fingerprint density at radius 2 is 2.12 bits per heavy atom. The Kier molecular flexibility index (Phi) is 4.53. The largest absolute Gasteiger partial charge is 0.288 e. The number of nitro groups is 1. The van der Waals surface area contributed by atoms with Gasteiger partial charge in [0, 0.05) is 6.07 Å². The van der Waals surface area contributed by atoms with Gasteiger partial charge in [-0.2, -0.15) is 0 Å². The maximum Gasteiger partial charge on any atom is 0.288 e. The first-order valence-electron chi connectivity index (χ1n) is 4.18. The highest BCUT2D eigenvalue weighted by molar-refractivity contribution is 6.69. The molecule has 0 bridgehead atoms. The molecular formula is C9H6Cl3NO3. The number of nitrogens with zero attached hydrogens (tertiary/aromatic N) is 1. The van der Waals surface area contributed by atoms with E-state index in [1.54, 1.807) is 6.07 Å². The third kappa shape index (κ3) is 3.33. The number of benzene rings is 1. The van der Waals surface area contributed by atoms with E-state index in [-0.39, 0.29) is 17.1 Å². The minimum absolute atomic E-state index is 0.0390. The van der Waals surface area contributed by atoms with Gasteiger partial charge < -0.3 is 0 Å². The van der Waals surface area contributed by atoms with Crippen LogP contribution in [0.5, 0.6) is 0 Å². The van der Waals surface area contributed by atoms with E-state index in [9.17, 15) is 14.9 Å². The van der Waals surface area contributed by atoms with Crippen LogP contribution in [0.4, 0.5) is 5.69 Å². The number of hydrogen-bond acceptors (Lipinski definition) is 3. The van der Waals surface area contributed by atoms with Crippen LogP contribution in [0.2, 0.25) is 5.02 Å². The molecule has 1 aromatic carbocycles. The van der Waals surface area contributed by atoms with Crippen molar-refractivity contribution >= 4 is 45.7 Å². The average molecular weight is 283 g/mol.